The number of benzene rings is 1. The summed E-state index contributed by atoms with van der Waals surface area (Å²) in [7, 11) is 3.23. The van der Waals surface area contributed by atoms with Gasteiger partial charge in [0.15, 0.2) is 11.5 Å². The fourth-order valence-electron chi connectivity index (χ4n) is 1.68. The molecule has 0 saturated carbocycles. The van der Waals surface area contributed by atoms with Crippen molar-refractivity contribution in [2.45, 2.75) is 13.1 Å². The van der Waals surface area contributed by atoms with E-state index in [0.29, 0.717) is 24.6 Å². The zero-order valence-electron chi connectivity index (χ0n) is 10.5. The molecular formula is C12H16N4O2. The van der Waals surface area contributed by atoms with Gasteiger partial charge in [-0.15, -0.1) is 5.10 Å². The van der Waals surface area contributed by atoms with Gasteiger partial charge in [-0.25, -0.2) is 4.68 Å². The van der Waals surface area contributed by atoms with Crippen molar-refractivity contribution in [2.24, 2.45) is 5.73 Å². The van der Waals surface area contributed by atoms with Crippen LogP contribution in [-0.4, -0.2) is 29.2 Å². The molecule has 0 bridgehead atoms. The minimum absolute atomic E-state index is 0.395. The van der Waals surface area contributed by atoms with Crippen LogP contribution in [0.3, 0.4) is 0 Å². The maximum Gasteiger partial charge on any atom is 0.161 e. The number of nitrogens with two attached hydrogens (primary N) is 1. The van der Waals surface area contributed by atoms with Gasteiger partial charge in [-0.3, -0.25) is 0 Å². The van der Waals surface area contributed by atoms with Gasteiger partial charge in [-0.2, -0.15) is 0 Å². The van der Waals surface area contributed by atoms with Gasteiger partial charge in [0.2, 0.25) is 0 Å². The minimum Gasteiger partial charge on any atom is -0.493 e. The summed E-state index contributed by atoms with van der Waals surface area (Å²) in [6.45, 7) is 1.01. The molecule has 0 aliphatic heterocycles. The molecule has 6 heteroatoms. The molecule has 1 aromatic heterocycles. The molecule has 6 nitrogen and oxygen atoms in total. The first-order valence-corrected chi connectivity index (χ1v) is 5.56. The third kappa shape index (κ3) is 2.60. The van der Waals surface area contributed by atoms with Crippen LogP contribution in [0, 0.1) is 0 Å². The molecule has 1 aromatic carbocycles. The maximum atomic E-state index is 5.49. The lowest BCUT2D eigenvalue weighted by Crippen LogP contribution is -2.01. The number of methoxy groups -OCH3 is 2. The fourth-order valence-corrected chi connectivity index (χ4v) is 1.68. The van der Waals surface area contributed by atoms with Crippen molar-refractivity contribution in [3.05, 3.63) is 35.7 Å². The van der Waals surface area contributed by atoms with Crippen molar-refractivity contribution in [2.75, 3.05) is 14.2 Å². The molecule has 1 heterocycles. The Kier molecular flexibility index (Phi) is 3.78. The van der Waals surface area contributed by atoms with E-state index in [1.807, 2.05) is 24.4 Å². The quantitative estimate of drug-likeness (QED) is 0.847. The summed E-state index contributed by atoms with van der Waals surface area (Å²) in [5.41, 5.74) is 7.32. The van der Waals surface area contributed by atoms with Crippen LogP contribution in [0.5, 0.6) is 11.5 Å². The van der Waals surface area contributed by atoms with Gasteiger partial charge >= 0.3 is 0 Å². The van der Waals surface area contributed by atoms with Gasteiger partial charge in [0.1, 0.15) is 0 Å². The second-order valence-electron chi connectivity index (χ2n) is 3.80. The van der Waals surface area contributed by atoms with Gasteiger partial charge in [0.05, 0.1) is 32.7 Å². The van der Waals surface area contributed by atoms with Gasteiger partial charge in [-0.1, -0.05) is 11.3 Å². The van der Waals surface area contributed by atoms with Crippen LogP contribution in [0.15, 0.2) is 24.4 Å². The molecule has 2 N–H and O–H groups in total. The number of nitrogens with zero attached hydrogens (tertiary/aromatic N) is 3. The second kappa shape index (κ2) is 5.50. The second-order valence-corrected chi connectivity index (χ2v) is 3.80. The molecule has 96 valence electrons. The average Bonchev–Trinajstić information content (AvgIpc) is 2.86. The molecule has 0 aliphatic rings. The van der Waals surface area contributed by atoms with Crippen molar-refractivity contribution in [1.82, 2.24) is 15.0 Å². The predicted octanol–water partition coefficient (Wildman–Crippen LogP) is 0.802. The third-order valence-corrected chi connectivity index (χ3v) is 2.59. The van der Waals surface area contributed by atoms with Crippen LogP contribution < -0.4 is 15.2 Å². The largest absolute Gasteiger partial charge is 0.493 e. The van der Waals surface area contributed by atoms with E-state index < -0.39 is 0 Å². The van der Waals surface area contributed by atoms with Crippen LogP contribution >= 0.6 is 0 Å². The summed E-state index contributed by atoms with van der Waals surface area (Å²) in [6.07, 6.45) is 1.83. The van der Waals surface area contributed by atoms with Gasteiger partial charge < -0.3 is 15.2 Å². The Morgan fingerprint density at radius 3 is 2.61 bits per heavy atom. The van der Waals surface area contributed by atoms with Crippen LogP contribution in [0.1, 0.15) is 11.3 Å². The number of hydrogen-bond acceptors (Lipinski definition) is 5. The highest BCUT2D eigenvalue weighted by Crippen LogP contribution is 2.27. The first kappa shape index (κ1) is 12.4. The molecule has 2 rings (SSSR count). The van der Waals surface area contributed by atoms with E-state index in [-0.39, 0.29) is 0 Å². The van der Waals surface area contributed by atoms with Gasteiger partial charge in [-0.05, 0) is 17.7 Å². The normalized spacial score (nSPS) is 10.4. The van der Waals surface area contributed by atoms with E-state index in [2.05, 4.69) is 10.3 Å². The van der Waals surface area contributed by atoms with Crippen molar-refractivity contribution < 1.29 is 9.47 Å². The first-order valence-electron chi connectivity index (χ1n) is 5.56. The third-order valence-electron chi connectivity index (χ3n) is 2.59. The molecule has 0 amide bonds. The van der Waals surface area contributed by atoms with Gasteiger partial charge in [0, 0.05) is 6.54 Å². The summed E-state index contributed by atoms with van der Waals surface area (Å²) in [5, 5.41) is 7.93. The van der Waals surface area contributed by atoms with Crippen molar-refractivity contribution in [3.8, 4) is 11.5 Å². The lowest BCUT2D eigenvalue weighted by molar-refractivity contribution is 0.354. The number of aromatic nitrogens is 3. The molecular weight excluding hydrogens is 232 g/mol. The van der Waals surface area contributed by atoms with Crippen LogP contribution in [0.25, 0.3) is 0 Å². The summed E-state index contributed by atoms with van der Waals surface area (Å²) in [5.74, 6) is 1.41. The minimum atomic E-state index is 0.395. The van der Waals surface area contributed by atoms with Crippen molar-refractivity contribution >= 4 is 0 Å². The van der Waals surface area contributed by atoms with E-state index in [1.54, 1.807) is 18.9 Å². The molecule has 18 heavy (non-hydrogen) atoms. The Morgan fingerprint density at radius 2 is 2.00 bits per heavy atom. The highest BCUT2D eigenvalue weighted by molar-refractivity contribution is 5.42. The number of hydrogen-bond donors (Lipinski definition) is 1. The summed E-state index contributed by atoms with van der Waals surface area (Å²) in [4.78, 5) is 0. The van der Waals surface area contributed by atoms with E-state index in [9.17, 15) is 0 Å². The van der Waals surface area contributed by atoms with Crippen LogP contribution in [0.4, 0.5) is 0 Å². The molecule has 0 radical (unpaired) electrons. The molecule has 0 spiro atoms. The Balaban J connectivity index is 2.18. The topological polar surface area (TPSA) is 75.2 Å². The Labute approximate surface area is 105 Å². The highest BCUT2D eigenvalue weighted by Gasteiger charge is 2.06. The summed E-state index contributed by atoms with van der Waals surface area (Å²) < 4.78 is 12.2. The summed E-state index contributed by atoms with van der Waals surface area (Å²) >= 11 is 0. The molecule has 0 aliphatic carbocycles. The standard InChI is InChI=1S/C12H16N4O2/c1-17-11-4-3-9(5-12(11)18-2)7-16-8-10(6-13)14-15-16/h3-5,8H,6-7,13H2,1-2H3. The van der Waals surface area contributed by atoms with Crippen molar-refractivity contribution in [3.63, 3.8) is 0 Å². The zero-order valence-corrected chi connectivity index (χ0v) is 10.5. The van der Waals surface area contributed by atoms with Crippen molar-refractivity contribution in [1.29, 1.82) is 0 Å². The van der Waals surface area contributed by atoms with Gasteiger partial charge in [0.25, 0.3) is 0 Å². The smallest absolute Gasteiger partial charge is 0.161 e. The van der Waals surface area contributed by atoms with Crippen LogP contribution in [0.2, 0.25) is 0 Å². The average molecular weight is 248 g/mol. The SMILES string of the molecule is COc1ccc(Cn2cc(CN)nn2)cc1OC. The Morgan fingerprint density at radius 1 is 1.22 bits per heavy atom. The lowest BCUT2D eigenvalue weighted by atomic mass is 10.2. The van der Waals surface area contributed by atoms with E-state index in [4.69, 9.17) is 15.2 Å². The fraction of sp³-hybridized carbons (Fsp3) is 0.333. The Hall–Kier alpha value is -2.08. The highest BCUT2D eigenvalue weighted by atomic mass is 16.5. The van der Waals surface area contributed by atoms with E-state index >= 15 is 0 Å². The first-order chi connectivity index (χ1) is 8.76. The number of rotatable bonds is 5. The van der Waals surface area contributed by atoms with E-state index in [1.165, 1.54) is 0 Å². The maximum absolute atomic E-state index is 5.49. The molecule has 0 atom stereocenters. The lowest BCUT2D eigenvalue weighted by Gasteiger charge is -2.09. The molecule has 2 aromatic rings. The molecule has 0 fully saturated rings. The predicted molar refractivity (Wildman–Crippen MR) is 66.6 cm³/mol. The monoisotopic (exact) mass is 248 g/mol. The van der Waals surface area contributed by atoms with E-state index in [0.717, 1.165) is 11.3 Å². The van der Waals surface area contributed by atoms with Crippen LogP contribution in [-0.2, 0) is 13.1 Å². The molecule has 0 unspecified atom stereocenters. The number of ether oxygens (including phenoxy) is 2. The summed E-state index contributed by atoms with van der Waals surface area (Å²) in [6, 6.07) is 5.75. The molecule has 0 saturated heterocycles. The zero-order chi connectivity index (χ0) is 13.0. The Bertz CT molecular complexity index is 525.